The van der Waals surface area contributed by atoms with E-state index in [-0.39, 0.29) is 17.9 Å². The predicted octanol–water partition coefficient (Wildman–Crippen LogP) is 4.13. The molecule has 6 heteroatoms. The van der Waals surface area contributed by atoms with Gasteiger partial charge in [0, 0.05) is 24.6 Å². The van der Waals surface area contributed by atoms with Crippen LogP contribution in [0.25, 0.3) is 0 Å². The number of rotatable bonds is 10. The lowest BCUT2D eigenvalue weighted by Crippen LogP contribution is -2.47. The highest BCUT2D eigenvalue weighted by Gasteiger charge is 2.33. The first-order valence-electron chi connectivity index (χ1n) is 10.8. The Morgan fingerprint density at radius 1 is 1.20 bits per heavy atom. The average molecular weight is 429 g/mol. The van der Waals surface area contributed by atoms with Crippen LogP contribution in [-0.4, -0.2) is 43.0 Å². The fourth-order valence-corrected chi connectivity index (χ4v) is 4.71. The summed E-state index contributed by atoms with van der Waals surface area (Å²) in [7, 11) is 1.62. The second kappa shape index (κ2) is 11.3. The number of carbonyl (C=O) groups is 2. The Bertz CT molecular complexity index is 798. The number of ether oxygens (including phenoxy) is 1. The minimum Gasteiger partial charge on any atom is -0.383 e. The Labute approximate surface area is 183 Å². The highest BCUT2D eigenvalue weighted by molar-refractivity contribution is 7.10. The Morgan fingerprint density at radius 2 is 1.93 bits per heavy atom. The molecule has 1 atom stereocenters. The molecule has 5 nitrogen and oxygen atoms in total. The smallest absolute Gasteiger partial charge is 0.247 e. The first kappa shape index (κ1) is 22.5. The molecule has 1 aliphatic carbocycles. The third-order valence-electron chi connectivity index (χ3n) is 5.73. The summed E-state index contributed by atoms with van der Waals surface area (Å²) in [6.45, 7) is 2.87. The van der Waals surface area contributed by atoms with Crippen LogP contribution in [0.1, 0.15) is 54.7 Å². The Hall–Kier alpha value is -2.18. The summed E-state index contributed by atoms with van der Waals surface area (Å²) in [6, 6.07) is 11.5. The van der Waals surface area contributed by atoms with E-state index >= 15 is 0 Å². The zero-order valence-corrected chi connectivity index (χ0v) is 18.7. The number of amides is 2. The maximum Gasteiger partial charge on any atom is 0.247 e. The van der Waals surface area contributed by atoms with Gasteiger partial charge in [0.1, 0.15) is 6.04 Å². The largest absolute Gasteiger partial charge is 0.383 e. The van der Waals surface area contributed by atoms with Gasteiger partial charge in [0.2, 0.25) is 11.8 Å². The molecule has 1 unspecified atom stereocenters. The third-order valence-corrected chi connectivity index (χ3v) is 6.60. The van der Waals surface area contributed by atoms with E-state index < -0.39 is 6.04 Å². The molecule has 0 spiro atoms. The first-order valence-corrected chi connectivity index (χ1v) is 11.7. The molecule has 1 aromatic heterocycles. The van der Waals surface area contributed by atoms with Crippen LogP contribution in [0.5, 0.6) is 0 Å². The summed E-state index contributed by atoms with van der Waals surface area (Å²) in [5, 5.41) is 5.17. The van der Waals surface area contributed by atoms with Crippen molar-refractivity contribution in [3.63, 3.8) is 0 Å². The highest BCUT2D eigenvalue weighted by atomic mass is 32.1. The van der Waals surface area contributed by atoms with E-state index in [2.05, 4.69) is 12.2 Å². The molecule has 1 fully saturated rings. The van der Waals surface area contributed by atoms with Crippen LogP contribution in [0.15, 0.2) is 41.8 Å². The van der Waals surface area contributed by atoms with Gasteiger partial charge in [0.25, 0.3) is 0 Å². The molecule has 0 saturated heterocycles. The molecule has 1 heterocycles. The third kappa shape index (κ3) is 5.92. The van der Waals surface area contributed by atoms with Gasteiger partial charge in [-0.3, -0.25) is 9.59 Å². The Morgan fingerprint density at radius 3 is 2.53 bits per heavy atom. The second-order valence-corrected chi connectivity index (χ2v) is 8.86. The number of hydrogen-bond donors (Lipinski definition) is 1. The van der Waals surface area contributed by atoms with Gasteiger partial charge in [-0.1, -0.05) is 50.1 Å². The van der Waals surface area contributed by atoms with Crippen molar-refractivity contribution in [1.29, 1.82) is 0 Å². The number of carbonyl (C=O) groups excluding carboxylic acids is 2. The fourth-order valence-electron chi connectivity index (χ4n) is 4.01. The maximum atomic E-state index is 13.4. The quantitative estimate of drug-likeness (QED) is 0.619. The highest BCUT2D eigenvalue weighted by Crippen LogP contribution is 2.26. The van der Waals surface area contributed by atoms with Gasteiger partial charge >= 0.3 is 0 Å². The van der Waals surface area contributed by atoms with Crippen LogP contribution in [0.2, 0.25) is 0 Å². The fraction of sp³-hybridized carbons (Fsp3) is 0.500. The van der Waals surface area contributed by atoms with Crippen LogP contribution in [0.3, 0.4) is 0 Å². The molecule has 162 valence electrons. The number of methoxy groups -OCH3 is 1. The van der Waals surface area contributed by atoms with Crippen LogP contribution in [0.4, 0.5) is 0 Å². The summed E-state index contributed by atoms with van der Waals surface area (Å²) in [5.74, 6) is -0.151. The molecule has 0 aliphatic heterocycles. The molecule has 1 N–H and O–H groups in total. The minimum atomic E-state index is -0.654. The molecule has 2 aromatic rings. The number of benzene rings is 1. The van der Waals surface area contributed by atoms with E-state index in [4.69, 9.17) is 4.74 Å². The summed E-state index contributed by atoms with van der Waals surface area (Å²) < 4.78 is 5.27. The van der Waals surface area contributed by atoms with Crippen molar-refractivity contribution in [3.8, 4) is 0 Å². The van der Waals surface area contributed by atoms with Crippen molar-refractivity contribution in [2.75, 3.05) is 20.3 Å². The van der Waals surface area contributed by atoms with Crippen molar-refractivity contribution < 1.29 is 14.3 Å². The van der Waals surface area contributed by atoms with E-state index in [0.717, 1.165) is 42.5 Å². The van der Waals surface area contributed by atoms with Gasteiger partial charge in [-0.25, -0.2) is 0 Å². The van der Waals surface area contributed by atoms with Gasteiger partial charge in [0.15, 0.2) is 0 Å². The summed E-state index contributed by atoms with van der Waals surface area (Å²) in [6.07, 6.45) is 5.53. The standard InChI is InChI=1S/C24H32N2O3S/c1-3-18-10-12-19(13-11-18)23(24(28)25-20-7-4-5-8-20)26(14-15-29-2)22(27)17-21-9-6-16-30-21/h6,9-13,16,20,23H,3-5,7-8,14-15,17H2,1-2H3,(H,25,28). The zero-order valence-electron chi connectivity index (χ0n) is 17.9. The molecular formula is C24H32N2O3S. The molecule has 2 amide bonds. The van der Waals surface area contributed by atoms with E-state index in [1.165, 1.54) is 5.56 Å². The van der Waals surface area contributed by atoms with E-state index in [0.29, 0.717) is 19.6 Å². The molecule has 30 heavy (non-hydrogen) atoms. The lowest BCUT2D eigenvalue weighted by atomic mass is 10.0. The Kier molecular flexibility index (Phi) is 8.46. The molecule has 1 aliphatic rings. The van der Waals surface area contributed by atoms with E-state index in [1.807, 2.05) is 41.8 Å². The van der Waals surface area contributed by atoms with E-state index in [9.17, 15) is 9.59 Å². The van der Waals surface area contributed by atoms with Gasteiger partial charge in [-0.2, -0.15) is 0 Å². The topological polar surface area (TPSA) is 58.6 Å². The van der Waals surface area contributed by atoms with Crippen molar-refractivity contribution in [3.05, 3.63) is 57.8 Å². The number of thiophene rings is 1. The van der Waals surface area contributed by atoms with Gasteiger partial charge in [-0.05, 0) is 41.8 Å². The van der Waals surface area contributed by atoms with Gasteiger partial charge in [0.05, 0.1) is 13.0 Å². The summed E-state index contributed by atoms with van der Waals surface area (Å²) in [5.41, 5.74) is 2.06. The van der Waals surface area contributed by atoms with Crippen molar-refractivity contribution in [2.45, 2.75) is 57.5 Å². The monoisotopic (exact) mass is 428 g/mol. The lowest BCUT2D eigenvalue weighted by molar-refractivity contribution is -0.141. The van der Waals surface area contributed by atoms with Crippen molar-refractivity contribution in [1.82, 2.24) is 10.2 Å². The van der Waals surface area contributed by atoms with Gasteiger partial charge in [-0.15, -0.1) is 11.3 Å². The molecule has 0 bridgehead atoms. The first-order chi connectivity index (χ1) is 14.6. The molecule has 1 saturated carbocycles. The van der Waals surface area contributed by atoms with Gasteiger partial charge < -0.3 is 15.0 Å². The van der Waals surface area contributed by atoms with Crippen LogP contribution in [0, 0.1) is 0 Å². The number of aryl methyl sites for hydroxylation is 1. The van der Waals surface area contributed by atoms with Crippen LogP contribution in [-0.2, 0) is 27.2 Å². The number of hydrogen-bond acceptors (Lipinski definition) is 4. The number of nitrogens with one attached hydrogen (secondary N) is 1. The van der Waals surface area contributed by atoms with Crippen LogP contribution < -0.4 is 5.32 Å². The SMILES string of the molecule is CCc1ccc(C(C(=O)NC2CCCC2)N(CCOC)C(=O)Cc2cccs2)cc1. The minimum absolute atomic E-state index is 0.0550. The summed E-state index contributed by atoms with van der Waals surface area (Å²) >= 11 is 1.56. The predicted molar refractivity (Wildman–Crippen MR) is 121 cm³/mol. The van der Waals surface area contributed by atoms with E-state index in [1.54, 1.807) is 23.3 Å². The van der Waals surface area contributed by atoms with Crippen molar-refractivity contribution >= 4 is 23.2 Å². The van der Waals surface area contributed by atoms with Crippen LogP contribution >= 0.6 is 11.3 Å². The Balaban J connectivity index is 1.89. The average Bonchev–Trinajstić information content (AvgIpc) is 3.45. The molecule has 3 rings (SSSR count). The summed E-state index contributed by atoms with van der Waals surface area (Å²) in [4.78, 5) is 29.4. The van der Waals surface area contributed by atoms with Crippen molar-refractivity contribution in [2.24, 2.45) is 0 Å². The molecule has 1 aromatic carbocycles. The molecular weight excluding hydrogens is 396 g/mol. The normalized spacial score (nSPS) is 15.1. The second-order valence-electron chi connectivity index (χ2n) is 7.82. The maximum absolute atomic E-state index is 13.4. The lowest BCUT2D eigenvalue weighted by Gasteiger charge is -2.32. The zero-order chi connectivity index (χ0) is 21.3. The number of nitrogens with zero attached hydrogens (tertiary/aromatic N) is 1. The molecule has 0 radical (unpaired) electrons.